The number of hydrogen-bond acceptors (Lipinski definition) is 4. The predicted molar refractivity (Wildman–Crippen MR) is 78.3 cm³/mol. The average molecular weight is 340 g/mol. The number of halogens is 3. The number of benzene rings is 1. The molecule has 1 aromatic carbocycles. The van der Waals surface area contributed by atoms with Gasteiger partial charge in [0, 0.05) is 12.5 Å². The molecule has 128 valence electrons. The Kier molecular flexibility index (Phi) is 4.06. The lowest BCUT2D eigenvalue weighted by Crippen LogP contribution is -2.31. The second-order valence-corrected chi connectivity index (χ2v) is 5.64. The zero-order valence-corrected chi connectivity index (χ0v) is 12.8. The van der Waals surface area contributed by atoms with Crippen LogP contribution in [0.1, 0.15) is 24.0 Å². The van der Waals surface area contributed by atoms with Gasteiger partial charge in [0.25, 0.3) is 0 Å². The summed E-state index contributed by atoms with van der Waals surface area (Å²) in [5.74, 6) is -2.00. The summed E-state index contributed by atoms with van der Waals surface area (Å²) < 4.78 is 43.9. The SMILES string of the molecule is CCOC(=O)C1C2=NCC(=O)N2CC1c1cccc(C(F)(F)F)c1. The Morgan fingerprint density at radius 2 is 2.17 bits per heavy atom. The van der Waals surface area contributed by atoms with Gasteiger partial charge in [0.2, 0.25) is 5.91 Å². The Hall–Kier alpha value is -2.38. The van der Waals surface area contributed by atoms with E-state index in [-0.39, 0.29) is 25.6 Å². The van der Waals surface area contributed by atoms with Gasteiger partial charge in [-0.25, -0.2) is 0 Å². The number of carbonyl (C=O) groups is 2. The van der Waals surface area contributed by atoms with Gasteiger partial charge < -0.3 is 4.74 Å². The van der Waals surface area contributed by atoms with Crippen LogP contribution in [0, 0.1) is 5.92 Å². The number of nitrogens with zero attached hydrogens (tertiary/aromatic N) is 2. The van der Waals surface area contributed by atoms with Crippen molar-refractivity contribution >= 4 is 17.7 Å². The Morgan fingerprint density at radius 3 is 2.83 bits per heavy atom. The number of aliphatic imine (C=N–C) groups is 1. The summed E-state index contributed by atoms with van der Waals surface area (Å²) in [6.45, 7) is 1.88. The fourth-order valence-electron chi connectivity index (χ4n) is 3.14. The van der Waals surface area contributed by atoms with E-state index in [4.69, 9.17) is 4.74 Å². The van der Waals surface area contributed by atoms with Crippen LogP contribution in [0.4, 0.5) is 13.2 Å². The van der Waals surface area contributed by atoms with Crippen LogP contribution >= 0.6 is 0 Å². The van der Waals surface area contributed by atoms with E-state index in [1.165, 1.54) is 17.0 Å². The van der Waals surface area contributed by atoms with Gasteiger partial charge in [0.15, 0.2) is 0 Å². The number of rotatable bonds is 3. The highest BCUT2D eigenvalue weighted by Crippen LogP contribution is 2.39. The highest BCUT2D eigenvalue weighted by atomic mass is 19.4. The Morgan fingerprint density at radius 1 is 1.42 bits per heavy atom. The maximum absolute atomic E-state index is 12.9. The van der Waals surface area contributed by atoms with Crippen LogP contribution in [-0.2, 0) is 20.5 Å². The van der Waals surface area contributed by atoms with Crippen molar-refractivity contribution in [2.45, 2.75) is 19.0 Å². The van der Waals surface area contributed by atoms with Gasteiger partial charge in [0.05, 0.1) is 12.2 Å². The van der Waals surface area contributed by atoms with Gasteiger partial charge in [0.1, 0.15) is 18.3 Å². The zero-order valence-electron chi connectivity index (χ0n) is 12.8. The molecule has 0 spiro atoms. The lowest BCUT2D eigenvalue weighted by atomic mass is 9.87. The van der Waals surface area contributed by atoms with Crippen LogP contribution in [0.2, 0.25) is 0 Å². The third-order valence-electron chi connectivity index (χ3n) is 4.20. The number of esters is 1. The van der Waals surface area contributed by atoms with Crippen LogP contribution in [0.25, 0.3) is 0 Å². The maximum Gasteiger partial charge on any atom is 0.416 e. The number of ether oxygens (including phenoxy) is 1. The Labute approximate surface area is 136 Å². The number of fused-ring (bicyclic) bond motifs is 1. The van der Waals surface area contributed by atoms with E-state index in [0.717, 1.165) is 12.1 Å². The molecular formula is C16H15F3N2O3. The molecule has 5 nitrogen and oxygen atoms in total. The molecule has 3 rings (SSSR count). The van der Waals surface area contributed by atoms with Crippen LogP contribution < -0.4 is 0 Å². The molecule has 2 unspecified atom stereocenters. The van der Waals surface area contributed by atoms with Crippen molar-refractivity contribution in [1.29, 1.82) is 0 Å². The number of alkyl halides is 3. The van der Waals surface area contributed by atoms with Crippen molar-refractivity contribution in [3.8, 4) is 0 Å². The molecule has 0 bridgehead atoms. The molecule has 0 aromatic heterocycles. The maximum atomic E-state index is 12.9. The molecular weight excluding hydrogens is 325 g/mol. The summed E-state index contributed by atoms with van der Waals surface area (Å²) >= 11 is 0. The molecule has 2 heterocycles. The van der Waals surface area contributed by atoms with Gasteiger partial charge in [-0.1, -0.05) is 18.2 Å². The smallest absolute Gasteiger partial charge is 0.416 e. The molecule has 2 aliphatic heterocycles. The minimum absolute atomic E-state index is 0.0411. The van der Waals surface area contributed by atoms with Crippen molar-refractivity contribution in [2.75, 3.05) is 19.7 Å². The summed E-state index contributed by atoms with van der Waals surface area (Å²) in [7, 11) is 0. The summed E-state index contributed by atoms with van der Waals surface area (Å²) in [4.78, 5) is 29.6. The fraction of sp³-hybridized carbons (Fsp3) is 0.438. The second-order valence-electron chi connectivity index (χ2n) is 5.64. The lowest BCUT2D eigenvalue weighted by molar-refractivity contribution is -0.145. The quantitative estimate of drug-likeness (QED) is 0.793. The fourth-order valence-corrected chi connectivity index (χ4v) is 3.14. The third-order valence-corrected chi connectivity index (χ3v) is 4.20. The zero-order chi connectivity index (χ0) is 17.5. The molecule has 0 N–H and O–H groups in total. The van der Waals surface area contributed by atoms with E-state index in [9.17, 15) is 22.8 Å². The van der Waals surface area contributed by atoms with E-state index in [1.54, 1.807) is 6.92 Å². The van der Waals surface area contributed by atoms with Crippen LogP contribution in [0.5, 0.6) is 0 Å². The van der Waals surface area contributed by atoms with Gasteiger partial charge in [-0.05, 0) is 18.6 Å². The van der Waals surface area contributed by atoms with E-state index in [0.29, 0.717) is 11.4 Å². The molecule has 0 radical (unpaired) electrons. The minimum atomic E-state index is -4.47. The van der Waals surface area contributed by atoms with E-state index < -0.39 is 29.5 Å². The highest BCUT2D eigenvalue weighted by molar-refractivity contribution is 6.14. The highest BCUT2D eigenvalue weighted by Gasteiger charge is 2.49. The number of carbonyl (C=O) groups excluding carboxylic acids is 2. The molecule has 8 heteroatoms. The molecule has 0 aliphatic carbocycles. The van der Waals surface area contributed by atoms with E-state index in [1.807, 2.05) is 0 Å². The first-order chi connectivity index (χ1) is 11.3. The summed E-state index contributed by atoms with van der Waals surface area (Å²) in [6.07, 6.45) is -4.47. The van der Waals surface area contributed by atoms with Crippen LogP contribution in [0.15, 0.2) is 29.3 Å². The summed E-state index contributed by atoms with van der Waals surface area (Å²) in [5, 5.41) is 0. The lowest BCUT2D eigenvalue weighted by Gasteiger charge is -2.18. The van der Waals surface area contributed by atoms with E-state index in [2.05, 4.69) is 4.99 Å². The van der Waals surface area contributed by atoms with Crippen molar-refractivity contribution in [2.24, 2.45) is 10.9 Å². The normalized spacial score (nSPS) is 23.2. The Balaban J connectivity index is 1.99. The van der Waals surface area contributed by atoms with Crippen molar-refractivity contribution in [3.05, 3.63) is 35.4 Å². The average Bonchev–Trinajstić information content (AvgIpc) is 3.07. The summed E-state index contributed by atoms with van der Waals surface area (Å²) in [5.41, 5.74) is -0.448. The van der Waals surface area contributed by atoms with Crippen molar-refractivity contribution in [3.63, 3.8) is 0 Å². The first-order valence-corrected chi connectivity index (χ1v) is 7.51. The monoisotopic (exact) mass is 340 g/mol. The van der Waals surface area contributed by atoms with Gasteiger partial charge in [-0.2, -0.15) is 13.2 Å². The third kappa shape index (κ3) is 2.76. The minimum Gasteiger partial charge on any atom is -0.465 e. The topological polar surface area (TPSA) is 59.0 Å². The predicted octanol–water partition coefficient (Wildman–Crippen LogP) is 2.22. The molecule has 1 fully saturated rings. The summed E-state index contributed by atoms with van der Waals surface area (Å²) in [6, 6.07) is 4.82. The number of hydrogen-bond donors (Lipinski definition) is 0. The number of amides is 1. The molecule has 1 amide bonds. The van der Waals surface area contributed by atoms with Crippen LogP contribution in [-0.4, -0.2) is 42.3 Å². The standard InChI is InChI=1S/C16H15F3N2O3/c1-2-24-15(23)13-11(8-21-12(22)7-20-14(13)21)9-4-3-5-10(6-9)16(17,18)19/h3-6,11,13H,2,7-8H2,1H3. The van der Waals surface area contributed by atoms with E-state index >= 15 is 0 Å². The molecule has 2 aliphatic rings. The molecule has 0 saturated carbocycles. The van der Waals surface area contributed by atoms with Crippen molar-refractivity contribution in [1.82, 2.24) is 4.90 Å². The van der Waals surface area contributed by atoms with Crippen LogP contribution in [0.3, 0.4) is 0 Å². The number of amidine groups is 1. The largest absolute Gasteiger partial charge is 0.465 e. The van der Waals surface area contributed by atoms with Crippen molar-refractivity contribution < 1.29 is 27.5 Å². The molecule has 2 atom stereocenters. The van der Waals surface area contributed by atoms with Gasteiger partial charge >= 0.3 is 12.1 Å². The molecule has 1 saturated heterocycles. The molecule has 24 heavy (non-hydrogen) atoms. The Bertz CT molecular complexity index is 715. The van der Waals surface area contributed by atoms with Gasteiger partial charge in [-0.15, -0.1) is 0 Å². The second kappa shape index (κ2) is 5.92. The first kappa shape index (κ1) is 16.5. The van der Waals surface area contributed by atoms with Gasteiger partial charge in [-0.3, -0.25) is 19.5 Å². The molecule has 1 aromatic rings. The first-order valence-electron chi connectivity index (χ1n) is 7.51.